The summed E-state index contributed by atoms with van der Waals surface area (Å²) in [5, 5.41) is 6.06. The van der Waals surface area contributed by atoms with Crippen molar-refractivity contribution in [3.63, 3.8) is 0 Å². The van der Waals surface area contributed by atoms with E-state index < -0.39 is 11.4 Å². The maximum Gasteiger partial charge on any atom is 2.00 e. The molecule has 7 nitrogen and oxygen atoms in total. The Morgan fingerprint density at radius 2 is 0.882 bits per heavy atom. The first-order valence-corrected chi connectivity index (χ1v) is 9.59. The zero-order valence-corrected chi connectivity index (χ0v) is 22.4. The van der Waals surface area contributed by atoms with Gasteiger partial charge >= 0.3 is 58.4 Å². The molecule has 88 valence electrons. The molecular weight excluding hydrogens is 504 g/mol. The Morgan fingerprint density at radius 3 is 0.882 bits per heavy atom. The summed E-state index contributed by atoms with van der Waals surface area (Å²) < 4.78 is 0. The summed E-state index contributed by atoms with van der Waals surface area (Å²) in [6, 6.07) is 0. The van der Waals surface area contributed by atoms with Crippen molar-refractivity contribution < 1.29 is 78.0 Å². The SMILES string of the molecule is N=C(N)N.[O-]P([O-])(=S)[S-].[O-]P([O-])(=S)[S-].[Zn+2].[Zn+2].[Zn+2]. The molecule has 0 aliphatic heterocycles. The molecule has 0 rings (SSSR count). The average Bonchev–Trinajstić information content (AvgIpc) is 1.45. The van der Waals surface area contributed by atoms with Crippen molar-refractivity contribution >= 4 is 65.5 Å². The Balaban J connectivity index is -0.0000000247. The monoisotopic (exact) mass is 505 g/mol. The Bertz CT molecular complexity index is 218. The average molecular weight is 509 g/mol. The van der Waals surface area contributed by atoms with Crippen LogP contribution in [0.2, 0.25) is 0 Å². The van der Waals surface area contributed by atoms with Crippen LogP contribution in [0.3, 0.4) is 0 Å². The van der Waals surface area contributed by atoms with Crippen LogP contribution >= 0.6 is 11.4 Å². The first-order chi connectivity index (χ1) is 5.73. The molecule has 0 radical (unpaired) electrons. The quantitative estimate of drug-likeness (QED) is 0.0957. The summed E-state index contributed by atoms with van der Waals surface area (Å²) in [7, 11) is 0. The minimum absolute atomic E-state index is 0. The van der Waals surface area contributed by atoms with E-state index in [0.29, 0.717) is 0 Å². The fraction of sp³-hybridized carbons (Fsp3) is 0. The van der Waals surface area contributed by atoms with E-state index in [-0.39, 0.29) is 64.4 Å². The summed E-state index contributed by atoms with van der Waals surface area (Å²) in [5.74, 6) is -0.333. The second-order valence-corrected chi connectivity index (χ2v) is 10.3. The minimum atomic E-state index is -3.72. The van der Waals surface area contributed by atoms with Crippen molar-refractivity contribution in [3.8, 4) is 0 Å². The van der Waals surface area contributed by atoms with E-state index in [4.69, 9.17) is 5.41 Å². The molecule has 16 heteroatoms. The summed E-state index contributed by atoms with van der Waals surface area (Å²) in [4.78, 5) is 37.2. The summed E-state index contributed by atoms with van der Waals surface area (Å²) >= 11 is 14.6. The number of guanidine groups is 1. The molecule has 5 N–H and O–H groups in total. The molecule has 0 aromatic carbocycles. The van der Waals surface area contributed by atoms with Gasteiger partial charge in [0, 0.05) is 0 Å². The van der Waals surface area contributed by atoms with Crippen LogP contribution in [0.4, 0.5) is 0 Å². The van der Waals surface area contributed by atoms with Crippen LogP contribution in [0.5, 0.6) is 0 Å². The van der Waals surface area contributed by atoms with Crippen LogP contribution < -0.4 is 31.0 Å². The second kappa shape index (κ2) is 19.0. The van der Waals surface area contributed by atoms with Crippen molar-refractivity contribution in [2.45, 2.75) is 0 Å². The topological polar surface area (TPSA) is 168 Å². The van der Waals surface area contributed by atoms with Crippen LogP contribution in [-0.4, -0.2) is 5.96 Å². The van der Waals surface area contributed by atoms with Crippen LogP contribution in [-0.2, 0) is 107 Å². The Morgan fingerprint density at radius 1 is 0.882 bits per heavy atom. The third-order valence-electron chi connectivity index (χ3n) is 0. The first-order valence-electron chi connectivity index (χ1n) is 2.29. The van der Waals surface area contributed by atoms with Crippen molar-refractivity contribution in [3.05, 3.63) is 0 Å². The Hall–Kier alpha value is 2.98. The first kappa shape index (κ1) is 36.8. The van der Waals surface area contributed by atoms with Gasteiger partial charge in [0.05, 0.1) is 0 Å². The molecule has 0 aliphatic rings. The molecule has 17 heavy (non-hydrogen) atoms. The van der Waals surface area contributed by atoms with Gasteiger partial charge in [0.1, 0.15) is 0 Å². The van der Waals surface area contributed by atoms with Crippen LogP contribution in [0.25, 0.3) is 0 Å². The molecular formula is CH5N3O4P2S4Zn3. The molecule has 0 aromatic rings. The third kappa shape index (κ3) is 616. The molecule has 0 atom stereocenters. The van der Waals surface area contributed by atoms with Crippen LogP contribution in [0.15, 0.2) is 0 Å². The van der Waals surface area contributed by atoms with Crippen molar-refractivity contribution in [2.24, 2.45) is 11.5 Å². The van der Waals surface area contributed by atoms with Gasteiger partial charge < -0.3 is 66.9 Å². The smallest absolute Gasteiger partial charge is 0.850 e. The van der Waals surface area contributed by atoms with Gasteiger partial charge in [0.25, 0.3) is 0 Å². The van der Waals surface area contributed by atoms with Gasteiger partial charge in [-0.25, -0.2) is 0 Å². The molecule has 0 spiro atoms. The normalized spacial score (nSPS) is 8.35. The van der Waals surface area contributed by atoms with Crippen LogP contribution in [0.1, 0.15) is 0 Å². The van der Waals surface area contributed by atoms with E-state index in [1.165, 1.54) is 0 Å². The number of rotatable bonds is 0. The van der Waals surface area contributed by atoms with E-state index in [9.17, 15) is 19.6 Å². The largest absolute Gasteiger partial charge is 2.00 e. The number of hydrogen-bond acceptors (Lipinski definition) is 9. The van der Waals surface area contributed by atoms with E-state index in [0.717, 1.165) is 0 Å². The van der Waals surface area contributed by atoms with Crippen LogP contribution in [0, 0.1) is 5.41 Å². The fourth-order valence-electron chi connectivity index (χ4n) is 0. The minimum Gasteiger partial charge on any atom is -0.850 e. The van der Waals surface area contributed by atoms with Gasteiger partial charge in [0.2, 0.25) is 0 Å². The zero-order chi connectivity index (χ0) is 12.6. The van der Waals surface area contributed by atoms with E-state index in [1.807, 2.05) is 0 Å². The van der Waals surface area contributed by atoms with E-state index >= 15 is 0 Å². The van der Waals surface area contributed by atoms with Crippen molar-refractivity contribution in [1.29, 1.82) is 5.41 Å². The van der Waals surface area contributed by atoms with Crippen molar-refractivity contribution in [1.82, 2.24) is 0 Å². The van der Waals surface area contributed by atoms with Gasteiger partial charge in [-0.2, -0.15) is 23.6 Å². The number of hydrogen-bond donors (Lipinski definition) is 3. The summed E-state index contributed by atoms with van der Waals surface area (Å²) in [5.41, 5.74) is 1.50. The van der Waals surface area contributed by atoms with Gasteiger partial charge in [0.15, 0.2) is 5.96 Å². The summed E-state index contributed by atoms with van der Waals surface area (Å²) in [6.07, 6.45) is 0. The zero-order valence-electron chi connectivity index (χ0n) is 8.44. The predicted molar refractivity (Wildman–Crippen MR) is 59.4 cm³/mol. The second-order valence-electron chi connectivity index (χ2n) is 1.35. The Labute approximate surface area is 158 Å². The standard InChI is InChI=1S/CH5N3.2H3O2PS2.3Zn/c2-1(3)4;2*1-3(2,4)5;;;/h(H5,2,3,4);2*(H3,1,2,4,5);;;/q;;;3*+2/p-6. The fourth-order valence-corrected chi connectivity index (χ4v) is 0. The maximum absolute atomic E-state index is 9.29. The molecule has 0 bridgehead atoms. The molecule has 0 saturated heterocycles. The summed E-state index contributed by atoms with van der Waals surface area (Å²) in [6.45, 7) is 0. The van der Waals surface area contributed by atoms with Gasteiger partial charge in [-0.15, -0.1) is 0 Å². The number of nitrogens with one attached hydrogen (secondary N) is 1. The van der Waals surface area contributed by atoms with Gasteiger partial charge in [-0.05, 0) is 0 Å². The number of nitrogens with two attached hydrogens (primary N) is 2. The molecule has 0 saturated carbocycles. The molecule has 0 aliphatic carbocycles. The molecule has 0 aromatic heterocycles. The maximum atomic E-state index is 9.29. The third-order valence-corrected chi connectivity index (χ3v) is 0. The van der Waals surface area contributed by atoms with Gasteiger partial charge in [-0.3, -0.25) is 5.41 Å². The molecule has 0 amide bonds. The van der Waals surface area contributed by atoms with E-state index in [1.54, 1.807) is 0 Å². The van der Waals surface area contributed by atoms with Gasteiger partial charge in [-0.1, -0.05) is 0 Å². The van der Waals surface area contributed by atoms with E-state index in [2.05, 4.69) is 59.6 Å². The molecule has 0 heterocycles. The Kier molecular flexibility index (Phi) is 41.1. The van der Waals surface area contributed by atoms with Crippen molar-refractivity contribution in [2.75, 3.05) is 0 Å². The molecule has 0 fully saturated rings. The molecule has 0 unspecified atom stereocenters. The predicted octanol–water partition coefficient (Wildman–Crippen LogP) is -4.21.